The van der Waals surface area contributed by atoms with E-state index >= 15 is 0 Å². The summed E-state index contributed by atoms with van der Waals surface area (Å²) in [6.45, 7) is 1.64. The number of anilines is 2. The molecule has 1 aromatic carbocycles. The molecule has 1 aromatic heterocycles. The van der Waals surface area contributed by atoms with Gasteiger partial charge in [0, 0.05) is 25.1 Å². The molecule has 1 fully saturated rings. The minimum absolute atomic E-state index is 0.268. The van der Waals surface area contributed by atoms with Crippen molar-refractivity contribution >= 4 is 40.7 Å². The van der Waals surface area contributed by atoms with Crippen LogP contribution in [0.2, 0.25) is 10.2 Å². The molecule has 6 nitrogen and oxygen atoms in total. The van der Waals surface area contributed by atoms with Gasteiger partial charge in [0.2, 0.25) is 0 Å². The second-order valence-corrected chi connectivity index (χ2v) is 6.75. The molecule has 2 N–H and O–H groups in total. The van der Waals surface area contributed by atoms with E-state index in [9.17, 15) is 4.79 Å². The molecular formula is C17H18Cl2N4O2. The van der Waals surface area contributed by atoms with Crippen LogP contribution in [0.3, 0.4) is 0 Å². The number of hydrogen-bond donors (Lipinski definition) is 1. The molecule has 0 spiro atoms. The molecule has 1 aliphatic rings. The first-order valence-corrected chi connectivity index (χ1v) is 8.66. The lowest BCUT2D eigenvalue weighted by Crippen LogP contribution is -2.35. The zero-order valence-electron chi connectivity index (χ0n) is 13.7. The lowest BCUT2D eigenvalue weighted by molar-refractivity contribution is 0.0601. The van der Waals surface area contributed by atoms with E-state index in [-0.39, 0.29) is 5.92 Å². The Balaban J connectivity index is 1.83. The average Bonchev–Trinajstić information content (AvgIpc) is 2.63. The SMILES string of the molecule is COC(=O)c1ccc(C2CCCN(c3cc(Cl)nnc3N)C2)cc1Cl. The highest BCUT2D eigenvalue weighted by Crippen LogP contribution is 2.34. The minimum atomic E-state index is -0.438. The highest BCUT2D eigenvalue weighted by Gasteiger charge is 2.24. The van der Waals surface area contributed by atoms with Gasteiger partial charge < -0.3 is 15.4 Å². The molecule has 1 unspecified atom stereocenters. The van der Waals surface area contributed by atoms with Crippen LogP contribution >= 0.6 is 23.2 Å². The van der Waals surface area contributed by atoms with Crippen LogP contribution in [0.5, 0.6) is 0 Å². The van der Waals surface area contributed by atoms with Gasteiger partial charge in [-0.05, 0) is 30.5 Å². The third-order valence-electron chi connectivity index (χ3n) is 4.40. The highest BCUT2D eigenvalue weighted by atomic mass is 35.5. The Morgan fingerprint density at radius 1 is 1.32 bits per heavy atom. The number of benzene rings is 1. The maximum Gasteiger partial charge on any atom is 0.339 e. The fourth-order valence-electron chi connectivity index (χ4n) is 3.15. The summed E-state index contributed by atoms with van der Waals surface area (Å²) in [7, 11) is 1.34. The van der Waals surface area contributed by atoms with Crippen LogP contribution in [0.4, 0.5) is 11.5 Å². The van der Waals surface area contributed by atoms with Crippen molar-refractivity contribution in [3.8, 4) is 0 Å². The number of halogens is 2. The first kappa shape index (κ1) is 17.8. The predicted molar refractivity (Wildman–Crippen MR) is 98.4 cm³/mol. The zero-order valence-corrected chi connectivity index (χ0v) is 15.2. The number of carbonyl (C=O) groups is 1. The molecule has 3 rings (SSSR count). The van der Waals surface area contributed by atoms with E-state index in [1.54, 1.807) is 12.1 Å². The van der Waals surface area contributed by atoms with Gasteiger partial charge in [-0.15, -0.1) is 10.2 Å². The number of esters is 1. The third kappa shape index (κ3) is 3.80. The Labute approximate surface area is 155 Å². The molecule has 1 aliphatic heterocycles. The van der Waals surface area contributed by atoms with Crippen molar-refractivity contribution < 1.29 is 9.53 Å². The number of aromatic nitrogens is 2. The molecule has 25 heavy (non-hydrogen) atoms. The monoisotopic (exact) mass is 380 g/mol. The molecule has 1 atom stereocenters. The Morgan fingerprint density at radius 2 is 2.12 bits per heavy atom. The number of methoxy groups -OCH3 is 1. The van der Waals surface area contributed by atoms with E-state index in [0.717, 1.165) is 37.2 Å². The van der Waals surface area contributed by atoms with E-state index in [1.165, 1.54) is 7.11 Å². The number of rotatable bonds is 3. The minimum Gasteiger partial charge on any atom is -0.465 e. The number of piperidine rings is 1. The van der Waals surface area contributed by atoms with Crippen LogP contribution in [-0.2, 0) is 4.74 Å². The number of ether oxygens (including phenoxy) is 1. The quantitative estimate of drug-likeness (QED) is 0.820. The summed E-state index contributed by atoms with van der Waals surface area (Å²) in [4.78, 5) is 13.8. The van der Waals surface area contributed by atoms with Crippen LogP contribution < -0.4 is 10.6 Å². The average molecular weight is 381 g/mol. The molecule has 0 aliphatic carbocycles. The summed E-state index contributed by atoms with van der Waals surface area (Å²) in [6.07, 6.45) is 2.02. The maximum atomic E-state index is 11.7. The number of nitrogen functional groups attached to an aromatic ring is 1. The van der Waals surface area contributed by atoms with Gasteiger partial charge in [-0.1, -0.05) is 29.3 Å². The second kappa shape index (κ2) is 7.45. The molecular weight excluding hydrogens is 363 g/mol. The van der Waals surface area contributed by atoms with E-state index < -0.39 is 5.97 Å². The molecule has 132 valence electrons. The summed E-state index contributed by atoms with van der Waals surface area (Å²) in [6, 6.07) is 7.21. The van der Waals surface area contributed by atoms with Crippen LogP contribution in [0.15, 0.2) is 24.3 Å². The topological polar surface area (TPSA) is 81.3 Å². The Bertz CT molecular complexity index is 800. The summed E-state index contributed by atoms with van der Waals surface area (Å²) >= 11 is 12.2. The summed E-state index contributed by atoms with van der Waals surface area (Å²) in [5.74, 6) is 0.195. The first-order chi connectivity index (χ1) is 12.0. The second-order valence-electron chi connectivity index (χ2n) is 5.95. The fourth-order valence-corrected chi connectivity index (χ4v) is 3.56. The van der Waals surface area contributed by atoms with E-state index in [0.29, 0.717) is 21.6 Å². The maximum absolute atomic E-state index is 11.7. The highest BCUT2D eigenvalue weighted by molar-refractivity contribution is 6.33. The Hall–Kier alpha value is -2.05. The molecule has 0 radical (unpaired) electrons. The van der Waals surface area contributed by atoms with Crippen molar-refractivity contribution in [2.75, 3.05) is 30.8 Å². The van der Waals surface area contributed by atoms with Crippen molar-refractivity contribution in [3.05, 3.63) is 45.6 Å². The van der Waals surface area contributed by atoms with Crippen molar-refractivity contribution in [3.63, 3.8) is 0 Å². The van der Waals surface area contributed by atoms with Crippen LogP contribution in [0, 0.1) is 0 Å². The van der Waals surface area contributed by atoms with Gasteiger partial charge in [-0.2, -0.15) is 0 Å². The van der Waals surface area contributed by atoms with Crippen LogP contribution in [0.25, 0.3) is 0 Å². The first-order valence-electron chi connectivity index (χ1n) is 7.91. The van der Waals surface area contributed by atoms with Gasteiger partial charge in [0.05, 0.1) is 23.4 Å². The fraction of sp³-hybridized carbons (Fsp3) is 0.353. The third-order valence-corrected chi connectivity index (χ3v) is 4.90. The van der Waals surface area contributed by atoms with Crippen LogP contribution in [0.1, 0.15) is 34.7 Å². The Morgan fingerprint density at radius 3 is 2.84 bits per heavy atom. The van der Waals surface area contributed by atoms with Crippen molar-refractivity contribution in [1.82, 2.24) is 10.2 Å². The Kier molecular flexibility index (Phi) is 5.30. The largest absolute Gasteiger partial charge is 0.465 e. The number of nitrogens with two attached hydrogens (primary N) is 1. The van der Waals surface area contributed by atoms with Crippen LogP contribution in [-0.4, -0.2) is 36.4 Å². The van der Waals surface area contributed by atoms with E-state index in [1.807, 2.05) is 12.1 Å². The molecule has 0 amide bonds. The van der Waals surface area contributed by atoms with Gasteiger partial charge in [0.1, 0.15) is 0 Å². The lowest BCUT2D eigenvalue weighted by Gasteiger charge is -2.35. The molecule has 0 bridgehead atoms. The molecule has 0 saturated carbocycles. The van der Waals surface area contributed by atoms with Crippen molar-refractivity contribution in [1.29, 1.82) is 0 Å². The van der Waals surface area contributed by atoms with Gasteiger partial charge in [-0.25, -0.2) is 4.79 Å². The number of hydrogen-bond acceptors (Lipinski definition) is 6. The normalized spacial score (nSPS) is 17.4. The van der Waals surface area contributed by atoms with E-state index in [4.69, 9.17) is 33.7 Å². The molecule has 1 saturated heterocycles. The van der Waals surface area contributed by atoms with Crippen molar-refractivity contribution in [2.24, 2.45) is 0 Å². The lowest BCUT2D eigenvalue weighted by atomic mass is 9.90. The van der Waals surface area contributed by atoms with Crippen molar-refractivity contribution in [2.45, 2.75) is 18.8 Å². The molecule has 2 heterocycles. The summed E-state index contributed by atoms with van der Waals surface area (Å²) in [5, 5.41) is 8.36. The summed E-state index contributed by atoms with van der Waals surface area (Å²) < 4.78 is 4.73. The van der Waals surface area contributed by atoms with Gasteiger partial charge in [0.25, 0.3) is 0 Å². The molecule has 8 heteroatoms. The zero-order chi connectivity index (χ0) is 18.0. The van der Waals surface area contributed by atoms with Gasteiger partial charge in [0.15, 0.2) is 11.0 Å². The number of nitrogens with zero attached hydrogens (tertiary/aromatic N) is 3. The summed E-state index contributed by atoms with van der Waals surface area (Å²) in [5.41, 5.74) is 8.19. The predicted octanol–water partition coefficient (Wildman–Crippen LogP) is 3.54. The van der Waals surface area contributed by atoms with Gasteiger partial charge in [-0.3, -0.25) is 0 Å². The number of carbonyl (C=O) groups excluding carboxylic acids is 1. The van der Waals surface area contributed by atoms with E-state index in [2.05, 4.69) is 15.1 Å². The van der Waals surface area contributed by atoms with Gasteiger partial charge >= 0.3 is 5.97 Å². The smallest absolute Gasteiger partial charge is 0.339 e. The standard InChI is InChI=1S/C17H18Cl2N4O2/c1-25-17(24)12-5-4-10(7-13(12)18)11-3-2-6-23(9-11)14-8-15(19)21-22-16(14)20/h4-5,7-8,11H,2-3,6,9H2,1H3,(H2,20,22). The molecule has 2 aromatic rings.